The predicted molar refractivity (Wildman–Crippen MR) is 122 cm³/mol. The lowest BCUT2D eigenvalue weighted by atomic mass is 9.94. The summed E-state index contributed by atoms with van der Waals surface area (Å²) in [7, 11) is 0. The number of likely N-dealkylation sites (tertiary alicyclic amines) is 1. The number of rotatable bonds is 5. The van der Waals surface area contributed by atoms with Gasteiger partial charge < -0.3 is 9.88 Å². The van der Waals surface area contributed by atoms with Gasteiger partial charge in [0, 0.05) is 30.0 Å². The van der Waals surface area contributed by atoms with Gasteiger partial charge in [-0.15, -0.1) is 0 Å². The molecule has 4 nitrogen and oxygen atoms in total. The minimum absolute atomic E-state index is 0.126. The minimum Gasteiger partial charge on any atom is -0.351 e. The highest BCUT2D eigenvalue weighted by Crippen LogP contribution is 2.37. The Kier molecular flexibility index (Phi) is 5.34. The fourth-order valence-corrected chi connectivity index (χ4v) is 5.39. The summed E-state index contributed by atoms with van der Waals surface area (Å²) in [5.41, 5.74) is 4.81. The molecule has 156 valence electrons. The van der Waals surface area contributed by atoms with Crippen LogP contribution in [0.5, 0.6) is 0 Å². The fourth-order valence-electron chi connectivity index (χ4n) is 5.39. The molecule has 0 bridgehead atoms. The molecule has 3 aromatic rings. The number of benzene rings is 2. The third-order valence-electron chi connectivity index (χ3n) is 7.10. The topological polar surface area (TPSA) is 39.3 Å². The molecule has 1 aromatic heterocycles. The van der Waals surface area contributed by atoms with Gasteiger partial charge in [0.15, 0.2) is 0 Å². The standard InChI is InChI=1S/C26H31N3O/c1-2-28(26(30)24-17-21-8-4-6-10-23(21)27-24)18-19-13-15-29(16-14-19)25-12-11-20-7-3-5-9-22(20)25/h3-10,17,19,25,27H,2,11-16,18H2,1H3. The lowest BCUT2D eigenvalue weighted by Crippen LogP contribution is -2.41. The van der Waals surface area contributed by atoms with Gasteiger partial charge in [-0.25, -0.2) is 0 Å². The summed E-state index contributed by atoms with van der Waals surface area (Å²) in [5, 5.41) is 1.10. The van der Waals surface area contributed by atoms with Gasteiger partial charge in [-0.05, 0) is 74.9 Å². The van der Waals surface area contributed by atoms with Crippen LogP contribution in [0.15, 0.2) is 54.6 Å². The largest absolute Gasteiger partial charge is 0.351 e. The highest BCUT2D eigenvalue weighted by Gasteiger charge is 2.31. The van der Waals surface area contributed by atoms with Crippen molar-refractivity contribution in [3.63, 3.8) is 0 Å². The smallest absolute Gasteiger partial charge is 0.270 e. The number of aromatic nitrogens is 1. The summed E-state index contributed by atoms with van der Waals surface area (Å²) in [4.78, 5) is 21.1. The molecule has 1 atom stereocenters. The van der Waals surface area contributed by atoms with Crippen LogP contribution in [0.25, 0.3) is 10.9 Å². The average Bonchev–Trinajstić information content (AvgIpc) is 3.42. The molecule has 2 aromatic carbocycles. The molecule has 4 heteroatoms. The summed E-state index contributed by atoms with van der Waals surface area (Å²) in [6.45, 7) is 5.99. The Morgan fingerprint density at radius 1 is 1.07 bits per heavy atom. The fraction of sp³-hybridized carbons (Fsp3) is 0.423. The molecule has 2 heterocycles. The van der Waals surface area contributed by atoms with Gasteiger partial charge in [-0.1, -0.05) is 42.5 Å². The maximum absolute atomic E-state index is 13.1. The summed E-state index contributed by atoms with van der Waals surface area (Å²) < 4.78 is 0. The van der Waals surface area contributed by atoms with Crippen LogP contribution < -0.4 is 0 Å². The Morgan fingerprint density at radius 3 is 2.63 bits per heavy atom. The zero-order valence-electron chi connectivity index (χ0n) is 17.8. The van der Waals surface area contributed by atoms with Crippen molar-refractivity contribution >= 4 is 16.8 Å². The second-order valence-corrected chi connectivity index (χ2v) is 8.85. The summed E-state index contributed by atoms with van der Waals surface area (Å²) in [5.74, 6) is 0.715. The first-order valence-electron chi connectivity index (χ1n) is 11.4. The van der Waals surface area contributed by atoms with E-state index in [1.165, 1.54) is 31.2 Å². The van der Waals surface area contributed by atoms with Gasteiger partial charge in [0.2, 0.25) is 0 Å². The molecule has 1 aliphatic heterocycles. The molecule has 2 aliphatic rings. The van der Waals surface area contributed by atoms with Gasteiger partial charge in [0.1, 0.15) is 5.69 Å². The van der Waals surface area contributed by atoms with E-state index < -0.39 is 0 Å². The lowest BCUT2D eigenvalue weighted by Gasteiger charge is -2.38. The molecule has 0 spiro atoms. The number of nitrogens with one attached hydrogen (secondary N) is 1. The summed E-state index contributed by atoms with van der Waals surface area (Å²) in [6, 6.07) is 19.6. The third-order valence-corrected chi connectivity index (χ3v) is 7.10. The van der Waals surface area contributed by atoms with E-state index in [9.17, 15) is 4.79 Å². The molecule has 0 radical (unpaired) electrons. The number of hydrogen-bond acceptors (Lipinski definition) is 2. The molecule has 0 saturated carbocycles. The van der Waals surface area contributed by atoms with Crippen molar-refractivity contribution in [1.29, 1.82) is 0 Å². The number of carbonyl (C=O) groups excluding carboxylic acids is 1. The Morgan fingerprint density at radius 2 is 1.83 bits per heavy atom. The van der Waals surface area contributed by atoms with E-state index in [1.807, 2.05) is 29.2 Å². The quantitative estimate of drug-likeness (QED) is 0.651. The van der Waals surface area contributed by atoms with Crippen molar-refractivity contribution < 1.29 is 4.79 Å². The van der Waals surface area contributed by atoms with E-state index >= 15 is 0 Å². The lowest BCUT2D eigenvalue weighted by molar-refractivity contribution is 0.0671. The van der Waals surface area contributed by atoms with Crippen LogP contribution in [0.3, 0.4) is 0 Å². The van der Waals surface area contributed by atoms with E-state index in [4.69, 9.17) is 0 Å². The summed E-state index contributed by atoms with van der Waals surface area (Å²) >= 11 is 0. The van der Waals surface area contributed by atoms with Crippen molar-refractivity contribution in [3.05, 3.63) is 71.4 Å². The first-order chi connectivity index (χ1) is 14.7. The van der Waals surface area contributed by atoms with Crippen LogP contribution in [-0.4, -0.2) is 46.9 Å². The van der Waals surface area contributed by atoms with Crippen molar-refractivity contribution in [2.75, 3.05) is 26.2 Å². The predicted octanol–water partition coefficient (Wildman–Crippen LogP) is 5.03. The number of hydrogen-bond donors (Lipinski definition) is 1. The van der Waals surface area contributed by atoms with Crippen LogP contribution in [0, 0.1) is 5.92 Å². The van der Waals surface area contributed by atoms with Crippen molar-refractivity contribution in [1.82, 2.24) is 14.8 Å². The monoisotopic (exact) mass is 401 g/mol. The number of aryl methyl sites for hydroxylation is 1. The Balaban J connectivity index is 1.20. The second kappa shape index (κ2) is 8.27. The normalized spacial score (nSPS) is 19.8. The summed E-state index contributed by atoms with van der Waals surface area (Å²) in [6.07, 6.45) is 4.82. The minimum atomic E-state index is 0.126. The molecular formula is C26H31N3O. The molecule has 1 aliphatic carbocycles. The Labute approximate surface area is 178 Å². The number of piperidine rings is 1. The molecule has 1 amide bonds. The number of amides is 1. The van der Waals surface area contributed by atoms with Crippen LogP contribution in [-0.2, 0) is 6.42 Å². The van der Waals surface area contributed by atoms with E-state index in [0.717, 1.165) is 37.1 Å². The third kappa shape index (κ3) is 3.65. The van der Waals surface area contributed by atoms with Crippen LogP contribution in [0.1, 0.15) is 53.8 Å². The number of H-pyrrole nitrogens is 1. The van der Waals surface area contributed by atoms with Crippen LogP contribution >= 0.6 is 0 Å². The molecule has 1 unspecified atom stereocenters. The van der Waals surface area contributed by atoms with Gasteiger partial charge >= 0.3 is 0 Å². The zero-order chi connectivity index (χ0) is 20.5. The highest BCUT2D eigenvalue weighted by molar-refractivity contribution is 5.98. The average molecular weight is 402 g/mol. The number of para-hydroxylation sites is 1. The van der Waals surface area contributed by atoms with Crippen molar-refractivity contribution in [2.24, 2.45) is 5.92 Å². The van der Waals surface area contributed by atoms with E-state index in [1.54, 1.807) is 5.56 Å². The van der Waals surface area contributed by atoms with Gasteiger partial charge in [-0.3, -0.25) is 9.69 Å². The molecular weight excluding hydrogens is 370 g/mol. The molecule has 1 N–H and O–H groups in total. The molecule has 5 rings (SSSR count). The number of carbonyl (C=O) groups is 1. The van der Waals surface area contributed by atoms with Crippen LogP contribution in [0.4, 0.5) is 0 Å². The molecule has 1 fully saturated rings. The van der Waals surface area contributed by atoms with Gasteiger partial charge in [-0.2, -0.15) is 0 Å². The molecule has 30 heavy (non-hydrogen) atoms. The van der Waals surface area contributed by atoms with Crippen molar-refractivity contribution in [3.8, 4) is 0 Å². The van der Waals surface area contributed by atoms with Gasteiger partial charge in [0.05, 0.1) is 0 Å². The SMILES string of the molecule is CCN(CC1CCN(C2CCc3ccccc32)CC1)C(=O)c1cc2ccccc2[nH]1. The molecule has 1 saturated heterocycles. The van der Waals surface area contributed by atoms with Gasteiger partial charge in [0.25, 0.3) is 5.91 Å². The van der Waals surface area contributed by atoms with Crippen molar-refractivity contribution in [2.45, 2.75) is 38.6 Å². The van der Waals surface area contributed by atoms with E-state index in [-0.39, 0.29) is 5.91 Å². The Hall–Kier alpha value is -2.59. The maximum Gasteiger partial charge on any atom is 0.270 e. The number of nitrogens with zero attached hydrogens (tertiary/aromatic N) is 2. The Bertz CT molecular complexity index is 998. The maximum atomic E-state index is 13.1. The van der Waals surface area contributed by atoms with E-state index in [0.29, 0.717) is 17.7 Å². The first-order valence-corrected chi connectivity index (χ1v) is 11.4. The number of fused-ring (bicyclic) bond motifs is 2. The van der Waals surface area contributed by atoms with Crippen LogP contribution in [0.2, 0.25) is 0 Å². The highest BCUT2D eigenvalue weighted by atomic mass is 16.2. The zero-order valence-corrected chi connectivity index (χ0v) is 17.8. The second-order valence-electron chi connectivity index (χ2n) is 8.85. The number of aromatic amines is 1. The first kappa shape index (κ1) is 19.4. The van der Waals surface area contributed by atoms with E-state index in [2.05, 4.69) is 47.1 Å².